The van der Waals surface area contributed by atoms with Crippen molar-refractivity contribution in [2.24, 2.45) is 22.9 Å². The number of rotatable bonds is 0. The SMILES string of the molecule is O=S(=O)(O)F.O=S(=O)([O-])O.[CH2-]C(N)=O.[CH2-]C(N)=O.[CH2-]N.[CH2-]N.[Y].[Y]. The minimum atomic E-state index is -5.17. The van der Waals surface area contributed by atoms with E-state index in [0.29, 0.717) is 0 Å². The van der Waals surface area contributed by atoms with Crippen molar-refractivity contribution >= 4 is 32.7 Å². The van der Waals surface area contributed by atoms with Gasteiger partial charge in [-0.3, -0.25) is 23.2 Å². The minimum Gasteiger partial charge on any atom is -0.726 e. The van der Waals surface area contributed by atoms with E-state index in [-0.39, 0.29) is 65.4 Å². The standard InChI is InChI=1S/2C2H4NO.2CH4N.FHO3S.H2O4S.2Y/c2*1-2(3)4;2*1-2;2*1-5(2,3)4;;/h2*1H2,(H2,3,4);2*1-2H2;(H,2,3,4);(H2,1,2,3,4);;/q4*-1;;;;/p-1. The number of carbonyl (C=O) groups excluding carboxylic acids is 2. The fraction of sp³-hybridized carbons (Fsp3) is 0. The number of amides is 2. The van der Waals surface area contributed by atoms with Crippen LogP contribution in [0.15, 0.2) is 0 Å². The zero-order valence-corrected chi connectivity index (χ0v) is 19.5. The number of primary amides is 2. The van der Waals surface area contributed by atoms with E-state index in [9.17, 15) is 3.89 Å². The van der Waals surface area contributed by atoms with E-state index in [4.69, 9.17) is 40.1 Å². The molecule has 0 atom stereocenters. The normalized spacial score (nSPS) is 7.33. The summed E-state index contributed by atoms with van der Waals surface area (Å²) in [6.45, 7) is 5.56. The smallest absolute Gasteiger partial charge is 0.435 e. The van der Waals surface area contributed by atoms with Crippen LogP contribution in [0, 0.1) is 27.9 Å². The van der Waals surface area contributed by atoms with Gasteiger partial charge in [-0.25, -0.2) is 8.42 Å². The first-order valence-corrected chi connectivity index (χ1v) is 6.57. The molecule has 18 heteroatoms. The van der Waals surface area contributed by atoms with Crippen LogP contribution in [0.4, 0.5) is 3.89 Å². The third kappa shape index (κ3) is 38900. The molecular formula is C6H18FN4O9S2Y2-5. The van der Waals surface area contributed by atoms with Gasteiger partial charge >= 0.3 is 10.5 Å². The van der Waals surface area contributed by atoms with Crippen LogP contribution in [0.3, 0.4) is 0 Å². The summed E-state index contributed by atoms with van der Waals surface area (Å²) >= 11 is 0. The van der Waals surface area contributed by atoms with Crippen LogP contribution < -0.4 is 22.9 Å². The van der Waals surface area contributed by atoms with Crippen LogP contribution in [-0.2, 0) is 95.9 Å². The summed E-state index contributed by atoms with van der Waals surface area (Å²) in [6, 6.07) is 0. The first kappa shape index (κ1) is 49.7. The van der Waals surface area contributed by atoms with E-state index >= 15 is 0 Å². The van der Waals surface area contributed by atoms with Gasteiger partial charge in [0.05, 0.1) is 11.8 Å². The van der Waals surface area contributed by atoms with E-state index < -0.39 is 32.7 Å². The molecule has 0 heterocycles. The fourth-order valence-electron chi connectivity index (χ4n) is 0. The van der Waals surface area contributed by atoms with Crippen molar-refractivity contribution in [2.75, 3.05) is 0 Å². The van der Waals surface area contributed by atoms with Gasteiger partial charge in [-0.2, -0.15) is 8.42 Å². The first-order valence-electron chi connectivity index (χ1n) is 3.86. The van der Waals surface area contributed by atoms with Crippen LogP contribution in [0.1, 0.15) is 0 Å². The summed E-state index contributed by atoms with van der Waals surface area (Å²) in [5.74, 6) is -1.17. The number of carbonyl (C=O) groups is 2. The molecule has 0 aliphatic heterocycles. The molecule has 0 aliphatic carbocycles. The molecule has 0 rings (SSSR count). The van der Waals surface area contributed by atoms with Crippen molar-refractivity contribution in [1.82, 2.24) is 0 Å². The van der Waals surface area contributed by atoms with Crippen LogP contribution >= 0.6 is 0 Å². The molecular weight excluding hydrogens is 533 g/mol. The second-order valence-electron chi connectivity index (χ2n) is 1.77. The molecule has 0 aromatic heterocycles. The van der Waals surface area contributed by atoms with Crippen molar-refractivity contribution in [1.29, 1.82) is 0 Å². The van der Waals surface area contributed by atoms with E-state index in [1.54, 1.807) is 0 Å². The van der Waals surface area contributed by atoms with Gasteiger partial charge in [0, 0.05) is 65.4 Å². The Labute approximate surface area is 191 Å². The Kier molecular flexibility index (Phi) is 72.0. The molecule has 24 heavy (non-hydrogen) atoms. The molecule has 0 bridgehead atoms. The largest absolute Gasteiger partial charge is 0.726 e. The van der Waals surface area contributed by atoms with E-state index in [2.05, 4.69) is 50.9 Å². The van der Waals surface area contributed by atoms with Gasteiger partial charge in [0.1, 0.15) is 0 Å². The third-order valence-corrected chi connectivity index (χ3v) is 0. The topological polar surface area (TPSA) is 270 Å². The molecule has 0 fully saturated rings. The van der Waals surface area contributed by atoms with Crippen molar-refractivity contribution in [3.63, 3.8) is 0 Å². The van der Waals surface area contributed by atoms with E-state index in [1.165, 1.54) is 0 Å². The molecule has 10 N–H and O–H groups in total. The fourth-order valence-corrected chi connectivity index (χ4v) is 0. The van der Waals surface area contributed by atoms with Crippen LogP contribution in [-0.4, -0.2) is 42.3 Å². The van der Waals surface area contributed by atoms with Gasteiger partial charge in [-0.1, -0.05) is 3.89 Å². The number of hydrogen-bond donors (Lipinski definition) is 6. The summed E-state index contributed by atoms with van der Waals surface area (Å²) in [4.78, 5) is 18.2. The maximum Gasteiger partial charge on any atom is 0.435 e. The predicted octanol–water partition coefficient (Wildman–Crippen LogP) is -3.16. The minimum absolute atomic E-state index is 0. The average molecular weight is 551 g/mol. The molecule has 2 amide bonds. The van der Waals surface area contributed by atoms with Crippen LogP contribution in [0.5, 0.6) is 0 Å². The quantitative estimate of drug-likeness (QED) is 0.0757. The second-order valence-corrected chi connectivity index (χ2v) is 3.45. The molecule has 0 saturated heterocycles. The van der Waals surface area contributed by atoms with Gasteiger partial charge < -0.3 is 50.9 Å². The summed E-state index contributed by atoms with van der Waals surface area (Å²) in [6.07, 6.45) is 0. The third-order valence-electron chi connectivity index (χ3n) is 0. The maximum atomic E-state index is 10.2. The molecule has 0 unspecified atom stereocenters. The van der Waals surface area contributed by atoms with Gasteiger partial charge in [-0.15, -0.1) is 0 Å². The predicted molar refractivity (Wildman–Crippen MR) is 73.2 cm³/mol. The molecule has 0 aliphatic rings. The molecule has 13 nitrogen and oxygen atoms in total. The zero-order valence-electron chi connectivity index (χ0n) is 12.2. The number of halogens is 1. The van der Waals surface area contributed by atoms with Crippen LogP contribution in [0.25, 0.3) is 0 Å². The second kappa shape index (κ2) is 34.8. The Hall–Kier alpha value is 0.518. The summed E-state index contributed by atoms with van der Waals surface area (Å²) in [5, 5.41) is 0. The van der Waals surface area contributed by atoms with Crippen molar-refractivity contribution in [3.05, 3.63) is 27.9 Å². The molecule has 0 aromatic carbocycles. The number of nitrogens with two attached hydrogens (primary N) is 4. The van der Waals surface area contributed by atoms with Gasteiger partial charge in [0.25, 0.3) is 0 Å². The Morgan fingerprint density at radius 1 is 0.833 bits per heavy atom. The summed E-state index contributed by atoms with van der Waals surface area (Å²) in [5.41, 5.74) is 17.2. The van der Waals surface area contributed by atoms with Crippen molar-refractivity contribution in [2.45, 2.75) is 0 Å². The first-order chi connectivity index (χ1) is 9.46. The summed E-state index contributed by atoms with van der Waals surface area (Å²) < 4.78 is 66.9. The van der Waals surface area contributed by atoms with Crippen molar-refractivity contribution in [3.8, 4) is 0 Å². The maximum absolute atomic E-state index is 10.2. The van der Waals surface area contributed by atoms with Crippen LogP contribution in [0.2, 0.25) is 0 Å². The Morgan fingerprint density at radius 2 is 0.833 bits per heavy atom. The molecule has 0 saturated carbocycles. The molecule has 0 aromatic rings. The van der Waals surface area contributed by atoms with E-state index in [1.807, 2.05) is 0 Å². The Bertz CT molecular complexity index is 381. The monoisotopic (exact) mass is 551 g/mol. The summed E-state index contributed by atoms with van der Waals surface area (Å²) in [7, 11) is -4.58. The number of hydrogen-bond acceptors (Lipinski definition) is 9. The Morgan fingerprint density at radius 3 is 0.833 bits per heavy atom. The van der Waals surface area contributed by atoms with E-state index in [0.717, 1.165) is 0 Å². The van der Waals surface area contributed by atoms with Crippen molar-refractivity contribution < 1.29 is 109 Å². The zero-order chi connectivity index (χ0) is 20.2. The molecule has 2 radical (unpaired) electrons. The average Bonchev–Trinajstić information content (AvgIpc) is 2.15. The van der Waals surface area contributed by atoms with Gasteiger partial charge in [-0.05, 0) is 0 Å². The molecule has 0 spiro atoms. The molecule has 146 valence electrons. The van der Waals surface area contributed by atoms with Gasteiger partial charge in [0.15, 0.2) is 0 Å². The van der Waals surface area contributed by atoms with Gasteiger partial charge in [0.2, 0.25) is 10.4 Å². The Balaban J connectivity index is -0.0000000217.